The molecule has 4 heteroatoms. The van der Waals surface area contributed by atoms with Gasteiger partial charge in [-0.25, -0.2) is 4.98 Å². The fourth-order valence-electron chi connectivity index (χ4n) is 1.47. The number of phenolic OH excluding ortho intramolecular Hbond substituents is 1. The molecule has 0 fully saturated rings. The van der Waals surface area contributed by atoms with E-state index in [1.165, 1.54) is 5.56 Å². The number of phenols is 1. The van der Waals surface area contributed by atoms with Crippen molar-refractivity contribution in [2.24, 2.45) is 0 Å². The maximum Gasteiger partial charge on any atom is 0.117 e. The highest BCUT2D eigenvalue weighted by Gasteiger charge is 2.04. The van der Waals surface area contributed by atoms with Gasteiger partial charge in [0.05, 0.1) is 12.0 Å². The SMILES string of the molecule is CSCc1ccc(O)cc1-n1ccnc1. The zero-order valence-corrected chi connectivity index (χ0v) is 9.24. The lowest BCUT2D eigenvalue weighted by Crippen LogP contribution is -1.95. The average Bonchev–Trinajstić information content (AvgIpc) is 2.74. The van der Waals surface area contributed by atoms with Gasteiger partial charge in [0.25, 0.3) is 0 Å². The molecule has 1 heterocycles. The van der Waals surface area contributed by atoms with Gasteiger partial charge in [0.1, 0.15) is 5.75 Å². The standard InChI is InChI=1S/C11H12N2OS/c1-15-7-9-2-3-10(14)6-11(9)13-5-4-12-8-13/h2-6,8,14H,7H2,1H3. The molecule has 0 aliphatic rings. The molecule has 0 saturated heterocycles. The van der Waals surface area contributed by atoms with Crippen molar-refractivity contribution < 1.29 is 5.11 Å². The summed E-state index contributed by atoms with van der Waals surface area (Å²) in [5.41, 5.74) is 2.18. The molecule has 0 saturated carbocycles. The smallest absolute Gasteiger partial charge is 0.117 e. The zero-order valence-electron chi connectivity index (χ0n) is 8.42. The third-order valence-electron chi connectivity index (χ3n) is 2.15. The van der Waals surface area contributed by atoms with E-state index < -0.39 is 0 Å². The predicted molar refractivity (Wildman–Crippen MR) is 62.4 cm³/mol. The Morgan fingerprint density at radius 1 is 1.47 bits per heavy atom. The molecule has 0 spiro atoms. The van der Waals surface area contributed by atoms with Gasteiger partial charge >= 0.3 is 0 Å². The Kier molecular flexibility index (Phi) is 2.97. The number of imidazole rings is 1. The van der Waals surface area contributed by atoms with Gasteiger partial charge in [-0.05, 0) is 17.9 Å². The molecule has 0 amide bonds. The molecule has 15 heavy (non-hydrogen) atoms. The van der Waals surface area contributed by atoms with E-state index >= 15 is 0 Å². The fourth-order valence-corrected chi connectivity index (χ4v) is 2.03. The molecule has 1 aromatic heterocycles. The highest BCUT2D eigenvalue weighted by atomic mass is 32.2. The van der Waals surface area contributed by atoms with Crippen molar-refractivity contribution >= 4 is 11.8 Å². The van der Waals surface area contributed by atoms with Crippen LogP contribution in [0.25, 0.3) is 5.69 Å². The Balaban J connectivity index is 2.47. The van der Waals surface area contributed by atoms with Crippen LogP contribution in [-0.2, 0) is 5.75 Å². The summed E-state index contributed by atoms with van der Waals surface area (Å²) in [6, 6.07) is 5.42. The summed E-state index contributed by atoms with van der Waals surface area (Å²) in [6.07, 6.45) is 7.40. The number of rotatable bonds is 3. The van der Waals surface area contributed by atoms with Crippen LogP contribution in [0.2, 0.25) is 0 Å². The van der Waals surface area contributed by atoms with E-state index in [1.54, 1.807) is 36.4 Å². The Labute approximate surface area is 92.8 Å². The predicted octanol–water partition coefficient (Wildman–Crippen LogP) is 2.44. The van der Waals surface area contributed by atoms with E-state index in [0.717, 1.165) is 11.4 Å². The summed E-state index contributed by atoms with van der Waals surface area (Å²) in [5.74, 6) is 1.21. The Bertz CT molecular complexity index is 440. The normalized spacial score (nSPS) is 10.5. The van der Waals surface area contributed by atoms with E-state index in [0.29, 0.717) is 0 Å². The Hall–Kier alpha value is -1.42. The Morgan fingerprint density at radius 2 is 2.33 bits per heavy atom. The van der Waals surface area contributed by atoms with Crippen molar-refractivity contribution in [3.05, 3.63) is 42.5 Å². The fraction of sp³-hybridized carbons (Fsp3) is 0.182. The third kappa shape index (κ3) is 2.15. The molecule has 0 aliphatic heterocycles. The van der Waals surface area contributed by atoms with Crippen molar-refractivity contribution in [2.75, 3.05) is 6.26 Å². The summed E-state index contributed by atoms with van der Waals surface area (Å²) in [7, 11) is 0. The Morgan fingerprint density at radius 3 is 3.00 bits per heavy atom. The maximum atomic E-state index is 9.46. The summed E-state index contributed by atoms with van der Waals surface area (Å²) in [4.78, 5) is 4.00. The van der Waals surface area contributed by atoms with Gasteiger partial charge in [0.15, 0.2) is 0 Å². The monoisotopic (exact) mass is 220 g/mol. The minimum absolute atomic E-state index is 0.281. The number of aromatic hydroxyl groups is 1. The van der Waals surface area contributed by atoms with Crippen molar-refractivity contribution in [1.29, 1.82) is 0 Å². The van der Waals surface area contributed by atoms with Gasteiger partial charge in [-0.3, -0.25) is 0 Å². The van der Waals surface area contributed by atoms with E-state index in [1.807, 2.05) is 16.8 Å². The second-order valence-corrected chi connectivity index (χ2v) is 4.08. The van der Waals surface area contributed by atoms with Gasteiger partial charge in [-0.2, -0.15) is 11.8 Å². The highest BCUT2D eigenvalue weighted by molar-refractivity contribution is 7.97. The van der Waals surface area contributed by atoms with Gasteiger partial charge in [0, 0.05) is 24.2 Å². The van der Waals surface area contributed by atoms with Crippen molar-refractivity contribution in [3.8, 4) is 11.4 Å². The van der Waals surface area contributed by atoms with E-state index in [2.05, 4.69) is 11.2 Å². The third-order valence-corrected chi connectivity index (χ3v) is 2.75. The quantitative estimate of drug-likeness (QED) is 0.863. The minimum Gasteiger partial charge on any atom is -0.508 e. The lowest BCUT2D eigenvalue weighted by molar-refractivity contribution is 0.475. The first-order valence-electron chi connectivity index (χ1n) is 4.60. The summed E-state index contributed by atoms with van der Waals surface area (Å²) in [5, 5.41) is 9.46. The molecule has 0 atom stereocenters. The van der Waals surface area contributed by atoms with Crippen molar-refractivity contribution in [3.63, 3.8) is 0 Å². The molecule has 1 N–H and O–H groups in total. The number of hydrogen-bond acceptors (Lipinski definition) is 3. The average molecular weight is 220 g/mol. The molecule has 78 valence electrons. The van der Waals surface area contributed by atoms with Crippen molar-refractivity contribution in [1.82, 2.24) is 9.55 Å². The molecule has 1 aromatic carbocycles. The first-order valence-corrected chi connectivity index (χ1v) is 6.00. The van der Waals surface area contributed by atoms with Crippen LogP contribution < -0.4 is 0 Å². The largest absolute Gasteiger partial charge is 0.508 e. The van der Waals surface area contributed by atoms with Crippen LogP contribution in [0.1, 0.15) is 5.56 Å². The summed E-state index contributed by atoms with van der Waals surface area (Å²) < 4.78 is 1.91. The molecular formula is C11H12N2OS. The van der Waals surface area contributed by atoms with Crippen LogP contribution in [-0.4, -0.2) is 20.9 Å². The van der Waals surface area contributed by atoms with E-state index in [4.69, 9.17) is 0 Å². The molecule has 0 unspecified atom stereocenters. The van der Waals surface area contributed by atoms with Gasteiger partial charge in [-0.15, -0.1) is 0 Å². The van der Waals surface area contributed by atoms with E-state index in [9.17, 15) is 5.11 Å². The topological polar surface area (TPSA) is 38.0 Å². The molecule has 0 radical (unpaired) electrons. The van der Waals surface area contributed by atoms with Crippen LogP contribution >= 0.6 is 11.8 Å². The number of benzene rings is 1. The highest BCUT2D eigenvalue weighted by Crippen LogP contribution is 2.23. The van der Waals surface area contributed by atoms with Gasteiger partial charge < -0.3 is 9.67 Å². The van der Waals surface area contributed by atoms with Crippen LogP contribution in [0.3, 0.4) is 0 Å². The molecule has 0 aliphatic carbocycles. The second kappa shape index (κ2) is 4.40. The van der Waals surface area contributed by atoms with Crippen LogP contribution in [0, 0.1) is 0 Å². The first-order chi connectivity index (χ1) is 7.31. The van der Waals surface area contributed by atoms with E-state index in [-0.39, 0.29) is 5.75 Å². The number of aromatic nitrogens is 2. The first kappa shape index (κ1) is 10.1. The summed E-state index contributed by atoms with van der Waals surface area (Å²) >= 11 is 1.76. The van der Waals surface area contributed by atoms with Crippen LogP contribution in [0.15, 0.2) is 36.9 Å². The van der Waals surface area contributed by atoms with Gasteiger partial charge in [0.2, 0.25) is 0 Å². The van der Waals surface area contributed by atoms with Crippen LogP contribution in [0.4, 0.5) is 0 Å². The van der Waals surface area contributed by atoms with Gasteiger partial charge in [-0.1, -0.05) is 6.07 Å². The van der Waals surface area contributed by atoms with Crippen molar-refractivity contribution in [2.45, 2.75) is 5.75 Å². The maximum absolute atomic E-state index is 9.46. The zero-order chi connectivity index (χ0) is 10.7. The molecule has 2 aromatic rings. The molecule has 0 bridgehead atoms. The van der Waals surface area contributed by atoms with Crippen LogP contribution in [0.5, 0.6) is 5.75 Å². The molecule has 3 nitrogen and oxygen atoms in total. The minimum atomic E-state index is 0.281. The molecule has 2 rings (SSSR count). The lowest BCUT2D eigenvalue weighted by atomic mass is 10.2. The summed E-state index contributed by atoms with van der Waals surface area (Å²) in [6.45, 7) is 0. The molecular weight excluding hydrogens is 208 g/mol. The second-order valence-electron chi connectivity index (χ2n) is 3.22. The number of thioether (sulfide) groups is 1. The number of nitrogens with zero attached hydrogens (tertiary/aromatic N) is 2. The number of hydrogen-bond donors (Lipinski definition) is 1. The lowest BCUT2D eigenvalue weighted by Gasteiger charge is -2.09.